The van der Waals surface area contributed by atoms with Gasteiger partial charge in [0.1, 0.15) is 6.17 Å². The van der Waals surface area contributed by atoms with E-state index < -0.39 is 69.9 Å². The Hall–Kier alpha value is -2.81. The number of carbonyl (C=O) groups is 3. The second kappa shape index (κ2) is 7.35. The van der Waals surface area contributed by atoms with Crippen molar-refractivity contribution in [2.45, 2.75) is 63.6 Å². The summed E-state index contributed by atoms with van der Waals surface area (Å²) in [7, 11) is 0. The van der Waals surface area contributed by atoms with Crippen molar-refractivity contribution < 1.29 is 42.5 Å². The summed E-state index contributed by atoms with van der Waals surface area (Å²) >= 11 is 0. The number of furan rings is 1. The molecule has 1 aromatic heterocycles. The van der Waals surface area contributed by atoms with Gasteiger partial charge in [-0.2, -0.15) is 0 Å². The van der Waals surface area contributed by atoms with E-state index in [1.54, 1.807) is 13.8 Å². The predicted molar refractivity (Wildman–Crippen MR) is 118 cm³/mol. The van der Waals surface area contributed by atoms with Crippen molar-refractivity contribution >= 4 is 17.7 Å². The van der Waals surface area contributed by atoms with Gasteiger partial charge in [-0.05, 0) is 62.0 Å². The van der Waals surface area contributed by atoms with E-state index in [9.17, 15) is 24.6 Å². The normalized spacial score (nSPS) is 46.3. The number of aliphatic carboxylic acids is 1. The number of carboxylic acid groups (broad SMARTS) is 1. The standard InChI is InChI=1S/C26H28F2O7/c1-13-9-15-16-11-18(27)17-10-14(29)6-7-23(17,2)25(16,28)20(30)12-24(15,3)26(13,22(32)33)35-21(31)19-5-4-8-34-19/h4-8,10,13,15-16,18,20,30H,9,11-12H2,1-3H3,(H,32,33)/t13-,15+,16+,18+,20+,23+,24+,25+,26+/m1/s1. The fourth-order valence-electron chi connectivity index (χ4n) is 7.83. The van der Waals surface area contributed by atoms with Gasteiger partial charge in [0.15, 0.2) is 11.5 Å². The topological polar surface area (TPSA) is 114 Å². The van der Waals surface area contributed by atoms with Crippen LogP contribution in [-0.4, -0.2) is 51.5 Å². The fraction of sp³-hybridized carbons (Fsp3) is 0.577. The molecule has 2 N–H and O–H groups in total. The van der Waals surface area contributed by atoms with Gasteiger partial charge in [-0.15, -0.1) is 0 Å². The van der Waals surface area contributed by atoms with Gasteiger partial charge in [-0.1, -0.05) is 19.9 Å². The van der Waals surface area contributed by atoms with E-state index in [-0.39, 0.29) is 30.6 Å². The lowest BCUT2D eigenvalue weighted by molar-refractivity contribution is -0.229. The van der Waals surface area contributed by atoms with Gasteiger partial charge < -0.3 is 19.4 Å². The number of rotatable bonds is 3. The molecule has 35 heavy (non-hydrogen) atoms. The third-order valence-electron chi connectivity index (χ3n) is 9.46. The second-order valence-corrected chi connectivity index (χ2v) is 10.9. The largest absolute Gasteiger partial charge is 0.478 e. The molecule has 1 aromatic rings. The van der Waals surface area contributed by atoms with Crippen LogP contribution < -0.4 is 0 Å². The zero-order chi connectivity index (χ0) is 25.6. The summed E-state index contributed by atoms with van der Waals surface area (Å²) in [4.78, 5) is 37.6. The van der Waals surface area contributed by atoms with Crippen molar-refractivity contribution in [2.24, 2.45) is 28.6 Å². The summed E-state index contributed by atoms with van der Waals surface area (Å²) in [6.45, 7) is 4.67. The average molecular weight is 490 g/mol. The van der Waals surface area contributed by atoms with E-state index in [0.29, 0.717) is 0 Å². The number of halogens is 2. The minimum atomic E-state index is -2.35. The van der Waals surface area contributed by atoms with E-state index in [1.165, 1.54) is 37.5 Å². The van der Waals surface area contributed by atoms with Crippen LogP contribution in [0.1, 0.15) is 50.6 Å². The lowest BCUT2D eigenvalue weighted by Crippen LogP contribution is -2.71. The third-order valence-corrected chi connectivity index (χ3v) is 9.46. The minimum Gasteiger partial charge on any atom is -0.478 e. The van der Waals surface area contributed by atoms with Crippen LogP contribution in [0.3, 0.4) is 0 Å². The molecule has 7 nitrogen and oxygen atoms in total. The number of aliphatic hydroxyl groups excluding tert-OH is 1. The SMILES string of the molecule is C[C@@H]1C[C@H]2[C@@H]3C[C@H](F)C4=CC(=O)C=C[C@]4(C)[C@@]3(F)[C@@H](O)C[C@]2(C)[C@@]1(OC(=O)c1ccco1)C(=O)O. The molecule has 1 heterocycles. The van der Waals surface area contributed by atoms with Crippen LogP contribution in [-0.2, 0) is 14.3 Å². The van der Waals surface area contributed by atoms with Gasteiger partial charge in [0, 0.05) is 22.7 Å². The fourth-order valence-corrected chi connectivity index (χ4v) is 7.83. The number of esters is 1. The molecule has 9 heteroatoms. The Morgan fingerprint density at radius 2 is 1.94 bits per heavy atom. The number of carboxylic acids is 1. The Morgan fingerprint density at radius 1 is 1.23 bits per heavy atom. The van der Waals surface area contributed by atoms with E-state index >= 15 is 8.78 Å². The van der Waals surface area contributed by atoms with E-state index in [1.807, 2.05) is 0 Å². The minimum absolute atomic E-state index is 0.00815. The molecule has 0 saturated heterocycles. The number of ether oxygens (including phenoxy) is 1. The van der Waals surface area contributed by atoms with Crippen LogP contribution in [0.5, 0.6) is 0 Å². The van der Waals surface area contributed by atoms with Gasteiger partial charge >= 0.3 is 11.9 Å². The van der Waals surface area contributed by atoms with E-state index in [0.717, 1.165) is 6.08 Å². The Balaban J connectivity index is 1.62. The summed E-state index contributed by atoms with van der Waals surface area (Å²) in [5, 5.41) is 21.8. The van der Waals surface area contributed by atoms with Crippen LogP contribution in [0.15, 0.2) is 46.6 Å². The molecule has 0 bridgehead atoms. The first kappa shape index (κ1) is 23.9. The molecule has 0 aromatic carbocycles. The molecule has 4 aliphatic carbocycles. The molecular weight excluding hydrogens is 462 g/mol. The van der Waals surface area contributed by atoms with Gasteiger partial charge in [0.25, 0.3) is 0 Å². The number of ketones is 1. The van der Waals surface area contributed by atoms with Crippen molar-refractivity contribution in [2.75, 3.05) is 0 Å². The van der Waals surface area contributed by atoms with Gasteiger partial charge in [-0.3, -0.25) is 4.79 Å². The third kappa shape index (κ3) is 2.76. The number of hydrogen-bond donors (Lipinski definition) is 2. The first-order valence-electron chi connectivity index (χ1n) is 11.8. The Morgan fingerprint density at radius 3 is 2.57 bits per heavy atom. The Bertz CT molecular complexity index is 1160. The maximum absolute atomic E-state index is 17.2. The molecule has 3 saturated carbocycles. The Kier molecular flexibility index (Phi) is 5.02. The number of fused-ring (bicyclic) bond motifs is 5. The quantitative estimate of drug-likeness (QED) is 0.619. The maximum Gasteiger partial charge on any atom is 0.375 e. The zero-order valence-electron chi connectivity index (χ0n) is 19.7. The predicted octanol–water partition coefficient (Wildman–Crippen LogP) is 3.82. The van der Waals surface area contributed by atoms with Crippen LogP contribution in [0.4, 0.5) is 8.78 Å². The van der Waals surface area contributed by atoms with Crippen LogP contribution in [0.25, 0.3) is 0 Å². The van der Waals surface area contributed by atoms with Crippen molar-refractivity contribution in [1.82, 2.24) is 0 Å². The van der Waals surface area contributed by atoms with Crippen molar-refractivity contribution in [3.63, 3.8) is 0 Å². The van der Waals surface area contributed by atoms with Gasteiger partial charge in [0.2, 0.25) is 11.4 Å². The summed E-state index contributed by atoms with van der Waals surface area (Å²) < 4.78 is 43.5. The lowest BCUT2D eigenvalue weighted by atomic mass is 9.44. The van der Waals surface area contributed by atoms with Gasteiger partial charge in [0.05, 0.1) is 12.4 Å². The molecule has 3 fully saturated rings. The summed E-state index contributed by atoms with van der Waals surface area (Å²) in [6, 6.07) is 2.81. The summed E-state index contributed by atoms with van der Waals surface area (Å²) in [6.07, 6.45) is 1.05. The molecule has 0 aliphatic heterocycles. The number of allylic oxidation sites excluding steroid dienone is 4. The second-order valence-electron chi connectivity index (χ2n) is 10.9. The summed E-state index contributed by atoms with van der Waals surface area (Å²) in [5.41, 5.74) is -7.42. The molecule has 0 amide bonds. The molecule has 4 aliphatic rings. The highest BCUT2D eigenvalue weighted by Crippen LogP contribution is 2.71. The van der Waals surface area contributed by atoms with E-state index in [4.69, 9.17) is 9.15 Å². The molecule has 0 radical (unpaired) electrons. The molecule has 0 spiro atoms. The number of hydrogen-bond acceptors (Lipinski definition) is 6. The maximum atomic E-state index is 17.2. The highest BCUT2D eigenvalue weighted by Gasteiger charge is 2.78. The molecule has 188 valence electrons. The Labute approximate surface area is 200 Å². The highest BCUT2D eigenvalue weighted by molar-refractivity contribution is 6.01. The number of alkyl halides is 2. The van der Waals surface area contributed by atoms with Crippen LogP contribution in [0.2, 0.25) is 0 Å². The van der Waals surface area contributed by atoms with Crippen molar-refractivity contribution in [1.29, 1.82) is 0 Å². The van der Waals surface area contributed by atoms with Crippen LogP contribution >= 0.6 is 0 Å². The zero-order valence-corrected chi connectivity index (χ0v) is 19.7. The molecule has 5 rings (SSSR count). The van der Waals surface area contributed by atoms with E-state index in [2.05, 4.69) is 0 Å². The van der Waals surface area contributed by atoms with Crippen molar-refractivity contribution in [3.8, 4) is 0 Å². The molecule has 0 unspecified atom stereocenters. The van der Waals surface area contributed by atoms with Crippen LogP contribution in [0, 0.1) is 28.6 Å². The number of carbonyl (C=O) groups excluding carboxylic acids is 2. The van der Waals surface area contributed by atoms with Gasteiger partial charge in [-0.25, -0.2) is 18.4 Å². The number of aliphatic hydroxyl groups is 1. The molecular formula is C26H28F2O7. The smallest absolute Gasteiger partial charge is 0.375 e. The average Bonchev–Trinajstić information content (AvgIpc) is 3.39. The van der Waals surface area contributed by atoms with Crippen molar-refractivity contribution in [3.05, 3.63) is 48.0 Å². The lowest BCUT2D eigenvalue weighted by Gasteiger charge is -2.62. The highest BCUT2D eigenvalue weighted by atomic mass is 19.1. The first-order valence-corrected chi connectivity index (χ1v) is 11.8. The first-order chi connectivity index (χ1) is 16.3. The monoisotopic (exact) mass is 490 g/mol. The molecule has 9 atom stereocenters. The summed E-state index contributed by atoms with van der Waals surface area (Å²) in [5.74, 6) is -5.55.